The van der Waals surface area contributed by atoms with E-state index in [0.29, 0.717) is 23.7 Å². The molecule has 0 N–H and O–H groups in total. The van der Waals surface area contributed by atoms with Gasteiger partial charge in [0.15, 0.2) is 5.79 Å². The average molecular weight is 1080 g/mol. The maximum atomic E-state index is 15.3. The van der Waals surface area contributed by atoms with Crippen LogP contribution in [-0.2, 0) is 48.7 Å². The van der Waals surface area contributed by atoms with Crippen molar-refractivity contribution in [2.45, 2.75) is 166 Å². The molecule has 20 heteroatoms. The molecule has 0 radical (unpaired) electrons. The van der Waals surface area contributed by atoms with E-state index in [2.05, 4.69) is 24.7 Å². The van der Waals surface area contributed by atoms with Crippen molar-refractivity contribution in [2.75, 3.05) is 64.7 Å². The molecule has 3 aliphatic carbocycles. The molecule has 0 aromatic heterocycles. The van der Waals surface area contributed by atoms with Crippen LogP contribution in [0.5, 0.6) is 5.75 Å². The number of fused-ring (bicyclic) bond motifs is 5. The lowest BCUT2D eigenvalue weighted by molar-refractivity contribution is -0.457. The molecule has 4 aliphatic rings. The second-order valence-corrected chi connectivity index (χ2v) is 23.8. The van der Waals surface area contributed by atoms with E-state index in [1.807, 2.05) is 59.5 Å². The van der Waals surface area contributed by atoms with Crippen molar-refractivity contribution in [3.8, 4) is 5.75 Å². The molecular formula is C52H72F11NO6S2. The fourth-order valence-electron chi connectivity index (χ4n) is 11.5. The minimum Gasteiger partial charge on any atom is -0.489 e. The Morgan fingerprint density at radius 1 is 0.708 bits per heavy atom. The molecule has 7 nitrogen and oxygen atoms in total. The molecule has 6 rings (SSSR count). The zero-order valence-electron chi connectivity index (χ0n) is 42.0. The molecule has 0 amide bonds. The van der Waals surface area contributed by atoms with Gasteiger partial charge in [-0.2, -0.15) is 39.5 Å². The minimum absolute atomic E-state index is 0.0239. The van der Waals surface area contributed by atoms with Crippen LogP contribution in [0, 0.1) is 34.8 Å². The molecule has 2 saturated carbocycles. The summed E-state index contributed by atoms with van der Waals surface area (Å²) in [6, 6.07) is 8.56. The number of aryl methyl sites for hydroxylation is 1. The van der Waals surface area contributed by atoms with Gasteiger partial charge in [0.1, 0.15) is 24.0 Å². The third-order valence-corrected chi connectivity index (χ3v) is 18.0. The van der Waals surface area contributed by atoms with Crippen LogP contribution in [0.15, 0.2) is 30.3 Å². The molecule has 1 heterocycles. The Kier molecular flexibility index (Phi) is 20.5. The van der Waals surface area contributed by atoms with E-state index in [0.717, 1.165) is 121 Å². The number of hydrogen-bond acceptors (Lipinski definition) is 9. The standard InChI is InChI=1S/C52H72F11NO6S2/c1-46(2)69-33-35(34-70-46)12-10-22-65-25-27-72-71-26-9-7-6-8-21-64(5)31-39-43(53)28-36(29-44(39)54)32-67-38-14-16-40-37(30-38)13-15-41-42-17-18-45(48(42,4)20-19-47(40,41)3)66-23-11-24-68-49(50(55,56)57,51(58,59)60)52(61,62)63/h14,16,28-30,35,41-42,45H,6-13,15,17-27,31-34H2,1-5H3/t41-,42-,45-,47+,48-/m0/s1. The Morgan fingerprint density at radius 3 is 2.06 bits per heavy atom. The van der Waals surface area contributed by atoms with Gasteiger partial charge in [-0.15, -0.1) is 0 Å². The number of nitrogens with zero attached hydrogens (tertiary/aromatic N) is 1. The van der Waals surface area contributed by atoms with Gasteiger partial charge in [0, 0.05) is 42.7 Å². The molecule has 2 aromatic rings. The normalized spacial score (nSPS) is 24.9. The predicted octanol–water partition coefficient (Wildman–Crippen LogP) is 14.4. The number of rotatable bonds is 26. The van der Waals surface area contributed by atoms with E-state index < -0.39 is 54.6 Å². The molecule has 5 atom stereocenters. The first kappa shape index (κ1) is 59.2. The van der Waals surface area contributed by atoms with E-state index >= 15 is 8.78 Å². The zero-order chi connectivity index (χ0) is 52.6. The van der Waals surface area contributed by atoms with Crippen molar-refractivity contribution in [3.05, 3.63) is 64.2 Å². The quantitative estimate of drug-likeness (QED) is 0.0521. The Morgan fingerprint density at radius 2 is 1.38 bits per heavy atom. The number of halogens is 11. The second-order valence-electron chi connectivity index (χ2n) is 21.1. The van der Waals surface area contributed by atoms with Gasteiger partial charge < -0.3 is 33.3 Å². The van der Waals surface area contributed by atoms with Gasteiger partial charge in [-0.25, -0.2) is 8.78 Å². The predicted molar refractivity (Wildman–Crippen MR) is 257 cm³/mol. The highest BCUT2D eigenvalue weighted by Gasteiger charge is 2.85. The van der Waals surface area contributed by atoms with Crippen LogP contribution >= 0.6 is 21.6 Å². The van der Waals surface area contributed by atoms with E-state index in [9.17, 15) is 39.5 Å². The Balaban J connectivity index is 0.871. The van der Waals surface area contributed by atoms with Crippen LogP contribution in [0.3, 0.4) is 0 Å². The van der Waals surface area contributed by atoms with E-state index in [-0.39, 0.29) is 54.1 Å². The Hall–Kier alpha value is -2.07. The largest absolute Gasteiger partial charge is 0.489 e. The first-order valence-corrected chi connectivity index (χ1v) is 27.8. The van der Waals surface area contributed by atoms with Gasteiger partial charge in [-0.05, 0) is 162 Å². The molecule has 1 aliphatic heterocycles. The first-order valence-electron chi connectivity index (χ1n) is 25.3. The summed E-state index contributed by atoms with van der Waals surface area (Å²) in [5, 5.41) is 0. The van der Waals surface area contributed by atoms with Crippen molar-refractivity contribution < 1.29 is 76.7 Å². The molecule has 0 bridgehead atoms. The fourth-order valence-corrected chi connectivity index (χ4v) is 13.5. The van der Waals surface area contributed by atoms with Gasteiger partial charge in [-0.1, -0.05) is 54.3 Å². The number of hydrogen-bond donors (Lipinski definition) is 0. The van der Waals surface area contributed by atoms with Gasteiger partial charge in [0.2, 0.25) is 0 Å². The smallest absolute Gasteiger partial charge is 0.435 e. The maximum Gasteiger partial charge on any atom is 0.435 e. The summed E-state index contributed by atoms with van der Waals surface area (Å²) < 4.78 is 183. The summed E-state index contributed by atoms with van der Waals surface area (Å²) in [7, 11) is 5.58. The van der Waals surface area contributed by atoms with Gasteiger partial charge in [0.25, 0.3) is 0 Å². The summed E-state index contributed by atoms with van der Waals surface area (Å²) in [5.74, 6) is 1.77. The Labute approximate surface area is 425 Å². The van der Waals surface area contributed by atoms with E-state index in [1.54, 1.807) is 0 Å². The van der Waals surface area contributed by atoms with Crippen LogP contribution in [0.1, 0.15) is 127 Å². The van der Waals surface area contributed by atoms with Crippen LogP contribution in [0.4, 0.5) is 48.3 Å². The number of benzene rings is 2. The molecule has 2 aromatic carbocycles. The molecular weight excluding hydrogens is 1010 g/mol. The van der Waals surface area contributed by atoms with Crippen LogP contribution in [0.25, 0.3) is 0 Å². The molecule has 410 valence electrons. The summed E-state index contributed by atoms with van der Waals surface area (Å²) in [6.07, 6.45) is -10.6. The van der Waals surface area contributed by atoms with Crippen molar-refractivity contribution in [3.63, 3.8) is 0 Å². The van der Waals surface area contributed by atoms with Crippen LogP contribution < -0.4 is 4.74 Å². The number of unbranched alkanes of at least 4 members (excludes halogenated alkanes) is 3. The van der Waals surface area contributed by atoms with Gasteiger partial charge >= 0.3 is 24.1 Å². The topological polar surface area (TPSA) is 58.6 Å². The zero-order valence-corrected chi connectivity index (χ0v) is 43.7. The molecule has 3 fully saturated rings. The summed E-state index contributed by atoms with van der Waals surface area (Å²) in [5.41, 5.74) is -4.16. The van der Waals surface area contributed by atoms with Crippen molar-refractivity contribution >= 4 is 21.6 Å². The summed E-state index contributed by atoms with van der Waals surface area (Å²) >= 11 is 0. The molecule has 72 heavy (non-hydrogen) atoms. The first-order chi connectivity index (χ1) is 33.8. The van der Waals surface area contributed by atoms with E-state index in [1.165, 1.54) is 17.7 Å². The minimum atomic E-state index is -6.77. The SMILES string of the molecule is CN(CCCCCCSSCCOCCCC1COC(C)(C)OC1)Cc1c(F)cc(COc2ccc3c(c2)CC[C@H]2[C@@H]4CC[C@H](OCCCOC(C(F)(F)F)(C(F)(F)F)C(F)(F)F)[C@@]4(C)CC[C@]32C)cc1F. The molecule has 0 spiro atoms. The summed E-state index contributed by atoms with van der Waals surface area (Å²) in [4.78, 5) is 1.94. The third kappa shape index (κ3) is 14.3. The number of ether oxygens (including phenoxy) is 6. The van der Waals surface area contributed by atoms with Crippen LogP contribution in [0.2, 0.25) is 0 Å². The Bertz CT molecular complexity index is 1970. The molecule has 0 unspecified atom stereocenters. The highest BCUT2D eigenvalue weighted by molar-refractivity contribution is 8.76. The third-order valence-electron chi connectivity index (χ3n) is 15.5. The van der Waals surface area contributed by atoms with Crippen molar-refractivity contribution in [2.24, 2.45) is 23.2 Å². The fraction of sp³-hybridized carbons (Fsp3) is 0.769. The highest BCUT2D eigenvalue weighted by atomic mass is 33.1. The molecule has 1 saturated heterocycles. The average Bonchev–Trinajstić information content (AvgIpc) is 3.62. The summed E-state index contributed by atoms with van der Waals surface area (Å²) in [6.45, 7) is 10.2. The lowest BCUT2D eigenvalue weighted by Gasteiger charge is -2.56. The van der Waals surface area contributed by atoms with E-state index in [4.69, 9.17) is 23.7 Å². The lowest BCUT2D eigenvalue weighted by Crippen LogP contribution is -2.67. The van der Waals surface area contributed by atoms with Gasteiger partial charge in [0.05, 0.1) is 32.5 Å². The second kappa shape index (κ2) is 24.9. The number of alkyl halides is 9. The van der Waals surface area contributed by atoms with Crippen molar-refractivity contribution in [1.29, 1.82) is 0 Å². The highest BCUT2D eigenvalue weighted by Crippen LogP contribution is 2.64. The van der Waals surface area contributed by atoms with Gasteiger partial charge in [-0.3, -0.25) is 0 Å². The monoisotopic (exact) mass is 1080 g/mol. The maximum absolute atomic E-state index is 15.3. The lowest BCUT2D eigenvalue weighted by atomic mass is 9.49. The van der Waals surface area contributed by atoms with Crippen molar-refractivity contribution in [1.82, 2.24) is 4.90 Å². The van der Waals surface area contributed by atoms with Crippen LogP contribution in [-0.4, -0.2) is 106 Å².